The Balaban J connectivity index is 1.65. The minimum absolute atomic E-state index is 0.0943. The Morgan fingerprint density at radius 2 is 1.60 bits per heavy atom. The molecule has 0 bridgehead atoms. The second-order valence-electron chi connectivity index (χ2n) is 7.44. The van der Waals surface area contributed by atoms with Gasteiger partial charge in [-0.15, -0.1) is 0 Å². The van der Waals surface area contributed by atoms with Gasteiger partial charge in [0.1, 0.15) is 0 Å². The lowest BCUT2D eigenvalue weighted by molar-refractivity contribution is 0.102. The van der Waals surface area contributed by atoms with E-state index in [4.69, 9.17) is 11.6 Å². The Labute approximate surface area is 181 Å². The highest BCUT2D eigenvalue weighted by Gasteiger charge is 2.26. The van der Waals surface area contributed by atoms with Crippen molar-refractivity contribution in [1.82, 2.24) is 4.31 Å². The third kappa shape index (κ3) is 4.21. The van der Waals surface area contributed by atoms with Crippen molar-refractivity contribution in [3.63, 3.8) is 0 Å². The van der Waals surface area contributed by atoms with Gasteiger partial charge in [0.25, 0.3) is 5.91 Å². The van der Waals surface area contributed by atoms with E-state index in [1.54, 1.807) is 0 Å². The van der Waals surface area contributed by atoms with Crippen LogP contribution in [-0.2, 0) is 10.0 Å². The first-order valence-electron chi connectivity index (χ1n) is 10.1. The van der Waals surface area contributed by atoms with Crippen molar-refractivity contribution < 1.29 is 13.2 Å². The van der Waals surface area contributed by atoms with E-state index in [-0.39, 0.29) is 15.5 Å². The maximum atomic E-state index is 13.1. The van der Waals surface area contributed by atoms with E-state index in [0.29, 0.717) is 18.8 Å². The third-order valence-corrected chi connectivity index (χ3v) is 7.65. The highest BCUT2D eigenvalue weighted by molar-refractivity contribution is 7.89. The van der Waals surface area contributed by atoms with Crippen LogP contribution < -0.4 is 5.32 Å². The summed E-state index contributed by atoms with van der Waals surface area (Å²) in [7, 11) is -3.67. The number of nitrogens with zero attached hydrogens (tertiary/aromatic N) is 1. The number of halogens is 1. The number of sulfonamides is 1. The van der Waals surface area contributed by atoms with Crippen molar-refractivity contribution in [3.05, 3.63) is 71.2 Å². The lowest BCUT2D eigenvalue weighted by Crippen LogP contribution is -2.32. The molecule has 5 nitrogen and oxygen atoms in total. The molecular formula is C23H23ClN2O3S. The number of amides is 1. The Morgan fingerprint density at radius 3 is 2.37 bits per heavy atom. The van der Waals surface area contributed by atoms with Gasteiger partial charge >= 0.3 is 0 Å². The zero-order chi connectivity index (χ0) is 21.1. The van der Waals surface area contributed by atoms with Gasteiger partial charge in [0.05, 0.1) is 15.5 Å². The van der Waals surface area contributed by atoms with Gasteiger partial charge in [-0.05, 0) is 42.5 Å². The number of nitrogens with one attached hydrogen (secondary N) is 1. The molecule has 0 unspecified atom stereocenters. The predicted octanol–water partition coefficient (Wildman–Crippen LogP) is 5.31. The first kappa shape index (κ1) is 20.8. The molecule has 0 saturated carbocycles. The van der Waals surface area contributed by atoms with Gasteiger partial charge in [-0.25, -0.2) is 8.42 Å². The second kappa shape index (κ2) is 8.76. The van der Waals surface area contributed by atoms with Gasteiger partial charge in [-0.2, -0.15) is 4.31 Å². The maximum absolute atomic E-state index is 13.1. The van der Waals surface area contributed by atoms with Crippen LogP contribution in [0.1, 0.15) is 36.0 Å². The van der Waals surface area contributed by atoms with Crippen molar-refractivity contribution in [2.45, 2.75) is 30.6 Å². The van der Waals surface area contributed by atoms with Gasteiger partial charge in [0, 0.05) is 24.2 Å². The van der Waals surface area contributed by atoms with E-state index < -0.39 is 15.9 Å². The molecule has 30 heavy (non-hydrogen) atoms. The summed E-state index contributed by atoms with van der Waals surface area (Å²) in [4.78, 5) is 13.1. The standard InChI is InChI=1S/C23H23ClN2O3S/c24-21-13-12-18(30(28,29)26-14-5-1-2-6-15-26)16-20(21)23(27)25-22-11-7-9-17-8-3-4-10-19(17)22/h3-4,7-13,16H,1-2,5-6,14-15H2,(H,25,27). The van der Waals surface area contributed by atoms with Crippen LogP contribution in [-0.4, -0.2) is 31.7 Å². The number of anilines is 1. The monoisotopic (exact) mass is 442 g/mol. The van der Waals surface area contributed by atoms with E-state index in [0.717, 1.165) is 36.5 Å². The smallest absolute Gasteiger partial charge is 0.257 e. The molecule has 0 aromatic heterocycles. The van der Waals surface area contributed by atoms with E-state index in [9.17, 15) is 13.2 Å². The molecule has 3 aromatic rings. The molecule has 1 aliphatic rings. The molecule has 156 valence electrons. The fourth-order valence-corrected chi connectivity index (χ4v) is 5.54. The maximum Gasteiger partial charge on any atom is 0.257 e. The fraction of sp³-hybridized carbons (Fsp3) is 0.261. The molecule has 0 radical (unpaired) electrons. The Hall–Kier alpha value is -2.41. The van der Waals surface area contributed by atoms with Crippen LogP contribution in [0.25, 0.3) is 10.8 Å². The number of hydrogen-bond donors (Lipinski definition) is 1. The van der Waals surface area contributed by atoms with Crippen molar-refractivity contribution in [3.8, 4) is 0 Å². The number of benzene rings is 3. The second-order valence-corrected chi connectivity index (χ2v) is 9.79. The lowest BCUT2D eigenvalue weighted by atomic mass is 10.1. The summed E-state index contributed by atoms with van der Waals surface area (Å²) >= 11 is 6.27. The number of hydrogen-bond acceptors (Lipinski definition) is 3. The zero-order valence-corrected chi connectivity index (χ0v) is 18.0. The van der Waals surface area contributed by atoms with E-state index in [1.807, 2.05) is 42.5 Å². The normalized spacial score (nSPS) is 15.6. The zero-order valence-electron chi connectivity index (χ0n) is 16.5. The quantitative estimate of drug-likeness (QED) is 0.595. The molecule has 4 rings (SSSR count). The summed E-state index contributed by atoms with van der Waals surface area (Å²) in [6.07, 6.45) is 3.76. The first-order chi connectivity index (χ1) is 14.5. The summed E-state index contributed by atoms with van der Waals surface area (Å²) < 4.78 is 27.7. The average molecular weight is 443 g/mol. The van der Waals surface area contributed by atoms with Gasteiger partial charge in [-0.1, -0.05) is 60.8 Å². The molecule has 1 N–H and O–H groups in total. The molecule has 1 aliphatic heterocycles. The number of fused-ring (bicyclic) bond motifs is 1. The Bertz CT molecular complexity index is 1180. The van der Waals surface area contributed by atoms with Crippen LogP contribution >= 0.6 is 11.6 Å². The molecule has 0 atom stereocenters. The first-order valence-corrected chi connectivity index (χ1v) is 11.9. The van der Waals surface area contributed by atoms with Gasteiger partial charge in [0.15, 0.2) is 0 Å². The van der Waals surface area contributed by atoms with Crippen molar-refractivity contribution in [2.24, 2.45) is 0 Å². The summed E-state index contributed by atoms with van der Waals surface area (Å²) in [6, 6.07) is 17.7. The minimum atomic E-state index is -3.67. The van der Waals surface area contributed by atoms with Crippen molar-refractivity contribution in [1.29, 1.82) is 0 Å². The third-order valence-electron chi connectivity index (χ3n) is 5.42. The van der Waals surface area contributed by atoms with E-state index in [1.165, 1.54) is 22.5 Å². The fourth-order valence-electron chi connectivity index (χ4n) is 3.79. The Kier molecular flexibility index (Phi) is 6.09. The molecule has 1 saturated heterocycles. The van der Waals surface area contributed by atoms with E-state index in [2.05, 4.69) is 5.32 Å². The molecule has 1 heterocycles. The Morgan fingerprint density at radius 1 is 0.900 bits per heavy atom. The topological polar surface area (TPSA) is 66.5 Å². The molecule has 0 aliphatic carbocycles. The van der Waals surface area contributed by atoms with Gasteiger partial charge in [0.2, 0.25) is 10.0 Å². The van der Waals surface area contributed by atoms with Crippen LogP contribution in [0.3, 0.4) is 0 Å². The molecule has 1 fully saturated rings. The average Bonchev–Trinajstić information content (AvgIpc) is 3.04. The van der Waals surface area contributed by atoms with Crippen molar-refractivity contribution >= 4 is 44.0 Å². The summed E-state index contributed by atoms with van der Waals surface area (Å²) in [6.45, 7) is 1.00. The molecular weight excluding hydrogens is 420 g/mol. The molecule has 7 heteroatoms. The van der Waals surface area contributed by atoms with Crippen LogP contribution in [0.4, 0.5) is 5.69 Å². The summed E-state index contributed by atoms with van der Waals surface area (Å²) in [5.41, 5.74) is 0.787. The van der Waals surface area contributed by atoms with E-state index >= 15 is 0 Å². The van der Waals surface area contributed by atoms with Gasteiger partial charge in [-0.3, -0.25) is 4.79 Å². The minimum Gasteiger partial charge on any atom is -0.321 e. The largest absolute Gasteiger partial charge is 0.321 e. The predicted molar refractivity (Wildman–Crippen MR) is 121 cm³/mol. The number of rotatable bonds is 4. The van der Waals surface area contributed by atoms with Gasteiger partial charge < -0.3 is 5.32 Å². The van der Waals surface area contributed by atoms with Crippen LogP contribution in [0, 0.1) is 0 Å². The summed E-state index contributed by atoms with van der Waals surface area (Å²) in [5.74, 6) is -0.440. The highest BCUT2D eigenvalue weighted by atomic mass is 35.5. The SMILES string of the molecule is O=C(Nc1cccc2ccccc12)c1cc(S(=O)(=O)N2CCCCCC2)ccc1Cl. The lowest BCUT2D eigenvalue weighted by Gasteiger charge is -2.20. The van der Waals surface area contributed by atoms with Crippen LogP contribution in [0.5, 0.6) is 0 Å². The molecule has 3 aromatic carbocycles. The van der Waals surface area contributed by atoms with Crippen LogP contribution in [0.2, 0.25) is 5.02 Å². The number of carbonyl (C=O) groups is 1. The molecule has 1 amide bonds. The highest BCUT2D eigenvalue weighted by Crippen LogP contribution is 2.27. The number of carbonyl (C=O) groups excluding carboxylic acids is 1. The molecule has 0 spiro atoms. The summed E-state index contributed by atoms with van der Waals surface area (Å²) in [5, 5.41) is 4.99. The van der Waals surface area contributed by atoms with Crippen LogP contribution in [0.15, 0.2) is 65.6 Å². The van der Waals surface area contributed by atoms with Crippen molar-refractivity contribution in [2.75, 3.05) is 18.4 Å².